The van der Waals surface area contributed by atoms with Crippen molar-refractivity contribution in [3.63, 3.8) is 0 Å². The molecule has 54 valence electrons. The molecular weight excluding hydrogens is 139 g/mol. The van der Waals surface area contributed by atoms with E-state index in [1.807, 2.05) is 0 Å². The van der Waals surface area contributed by atoms with Gasteiger partial charge < -0.3 is 10.2 Å². The van der Waals surface area contributed by atoms with Gasteiger partial charge in [0, 0.05) is 0 Å². The van der Waals surface area contributed by atoms with E-state index >= 15 is 0 Å². The Bertz CT molecular complexity index is 242. The zero-order valence-corrected chi connectivity index (χ0v) is 5.11. The van der Waals surface area contributed by atoms with Crippen LogP contribution in [-0.4, -0.2) is 35.0 Å². The number of hydrogen-bond acceptors (Lipinski definition) is 2. The van der Waals surface area contributed by atoms with Gasteiger partial charge >= 0.3 is 24.8 Å². The summed E-state index contributed by atoms with van der Waals surface area (Å²) in [5.74, 6) is -0.912. The van der Waals surface area contributed by atoms with Crippen molar-refractivity contribution in [3.05, 3.63) is 29.8 Å². The van der Waals surface area contributed by atoms with Gasteiger partial charge in [0.25, 0.3) is 0 Å². The molecular formula is C7H7LiO3. The third-order valence-corrected chi connectivity index (χ3v) is 1.11. The summed E-state index contributed by atoms with van der Waals surface area (Å²) in [6.45, 7) is 0. The van der Waals surface area contributed by atoms with Crippen LogP contribution in [-0.2, 0) is 0 Å². The molecule has 0 aliphatic rings. The van der Waals surface area contributed by atoms with Crippen LogP contribution in [0.15, 0.2) is 24.3 Å². The van der Waals surface area contributed by atoms with Gasteiger partial charge in [-0.25, -0.2) is 4.79 Å². The zero-order valence-electron chi connectivity index (χ0n) is 5.11. The van der Waals surface area contributed by atoms with E-state index in [1.165, 1.54) is 24.3 Å². The Morgan fingerprint density at radius 1 is 1.18 bits per heavy atom. The average Bonchev–Trinajstić information content (AvgIpc) is 1.88. The van der Waals surface area contributed by atoms with Crippen molar-refractivity contribution in [1.82, 2.24) is 0 Å². The van der Waals surface area contributed by atoms with Gasteiger partial charge in [0.15, 0.2) is 0 Å². The first kappa shape index (κ1) is 10.1. The van der Waals surface area contributed by atoms with E-state index in [1.54, 1.807) is 0 Å². The Morgan fingerprint density at radius 2 is 1.64 bits per heavy atom. The van der Waals surface area contributed by atoms with Gasteiger partial charge in [0.05, 0.1) is 5.56 Å². The Labute approximate surface area is 75.8 Å². The summed E-state index contributed by atoms with van der Waals surface area (Å²) in [6, 6.07) is 5.36. The fourth-order valence-electron chi connectivity index (χ4n) is 0.604. The molecule has 0 spiro atoms. The number of phenolic OH excluding ortho intramolecular Hbond substituents is 1. The molecule has 0 radical (unpaired) electrons. The number of carboxylic acids is 1. The van der Waals surface area contributed by atoms with Crippen molar-refractivity contribution in [2.24, 2.45) is 0 Å². The van der Waals surface area contributed by atoms with Crippen molar-refractivity contribution in [3.8, 4) is 5.75 Å². The molecule has 1 aromatic rings. The molecule has 0 aliphatic heterocycles. The molecule has 0 unspecified atom stereocenters. The predicted octanol–water partition coefficient (Wildman–Crippen LogP) is 0.442. The van der Waals surface area contributed by atoms with E-state index in [-0.39, 0.29) is 30.2 Å². The first-order valence-corrected chi connectivity index (χ1v) is 2.72. The number of phenols is 1. The van der Waals surface area contributed by atoms with E-state index in [0.717, 1.165) is 0 Å². The molecule has 0 amide bonds. The topological polar surface area (TPSA) is 57.5 Å². The minimum absolute atomic E-state index is 0. The third-order valence-electron chi connectivity index (χ3n) is 1.11. The van der Waals surface area contributed by atoms with Crippen LogP contribution in [0.2, 0.25) is 0 Å². The summed E-state index contributed by atoms with van der Waals surface area (Å²) >= 11 is 0. The van der Waals surface area contributed by atoms with Crippen molar-refractivity contribution in [2.75, 3.05) is 0 Å². The van der Waals surface area contributed by atoms with Crippen LogP contribution in [0.5, 0.6) is 5.75 Å². The number of aromatic carboxylic acids is 1. The number of rotatable bonds is 1. The molecule has 2 N–H and O–H groups in total. The first-order chi connectivity index (χ1) is 4.70. The van der Waals surface area contributed by atoms with Crippen molar-refractivity contribution in [1.29, 1.82) is 0 Å². The maximum absolute atomic E-state index is 10.2. The predicted molar refractivity (Wildman–Crippen MR) is 42.2 cm³/mol. The monoisotopic (exact) mass is 146 g/mol. The Kier molecular flexibility index (Phi) is 3.73. The van der Waals surface area contributed by atoms with E-state index < -0.39 is 5.97 Å². The van der Waals surface area contributed by atoms with Gasteiger partial charge in [-0.3, -0.25) is 0 Å². The maximum atomic E-state index is 10.2. The van der Waals surface area contributed by atoms with Crippen LogP contribution >= 0.6 is 0 Å². The zero-order chi connectivity index (χ0) is 7.56. The molecule has 0 bridgehead atoms. The van der Waals surface area contributed by atoms with Crippen LogP contribution in [0.4, 0.5) is 0 Å². The molecule has 4 heteroatoms. The number of carbonyl (C=O) groups is 1. The van der Waals surface area contributed by atoms with Crippen LogP contribution in [0.25, 0.3) is 0 Å². The van der Waals surface area contributed by atoms with Crippen LogP contribution in [0, 0.1) is 0 Å². The summed E-state index contributed by atoms with van der Waals surface area (Å²) in [5, 5.41) is 17.1. The van der Waals surface area contributed by atoms with Gasteiger partial charge in [0.2, 0.25) is 0 Å². The average molecular weight is 146 g/mol. The second-order valence-electron chi connectivity index (χ2n) is 1.85. The molecule has 0 saturated heterocycles. The van der Waals surface area contributed by atoms with Gasteiger partial charge in [-0.15, -0.1) is 0 Å². The second kappa shape index (κ2) is 4.07. The summed E-state index contributed by atoms with van der Waals surface area (Å²) in [5.41, 5.74) is 0.179. The molecule has 0 fully saturated rings. The number of carboxylic acid groups (broad SMARTS) is 1. The fraction of sp³-hybridized carbons (Fsp3) is 0. The molecule has 0 atom stereocenters. The second-order valence-corrected chi connectivity index (χ2v) is 1.85. The third kappa shape index (κ3) is 2.67. The van der Waals surface area contributed by atoms with E-state index in [0.29, 0.717) is 0 Å². The van der Waals surface area contributed by atoms with E-state index in [9.17, 15) is 4.79 Å². The van der Waals surface area contributed by atoms with Gasteiger partial charge in [-0.2, -0.15) is 0 Å². The first-order valence-electron chi connectivity index (χ1n) is 2.72. The van der Waals surface area contributed by atoms with Crippen LogP contribution in [0.3, 0.4) is 0 Å². The van der Waals surface area contributed by atoms with Gasteiger partial charge in [-0.1, -0.05) is 0 Å². The summed E-state index contributed by atoms with van der Waals surface area (Å²) in [7, 11) is 0. The van der Waals surface area contributed by atoms with Crippen molar-refractivity contribution < 1.29 is 15.0 Å². The molecule has 0 aliphatic carbocycles. The molecule has 0 heterocycles. The molecule has 1 aromatic carbocycles. The standard InChI is InChI=1S/C7H6O3.Li.H/c8-6-3-1-5(2-4-6)7(9)10;;/h1-4,8H,(H,9,10);;. The van der Waals surface area contributed by atoms with Crippen LogP contribution in [0.1, 0.15) is 10.4 Å². The van der Waals surface area contributed by atoms with E-state index in [4.69, 9.17) is 10.2 Å². The number of hydrogen-bond donors (Lipinski definition) is 2. The van der Waals surface area contributed by atoms with E-state index in [2.05, 4.69) is 0 Å². The minimum atomic E-state index is -0.986. The molecule has 3 nitrogen and oxygen atoms in total. The normalized spacial score (nSPS) is 8.36. The Morgan fingerprint density at radius 3 is 2.00 bits per heavy atom. The molecule has 0 aromatic heterocycles. The van der Waals surface area contributed by atoms with Crippen molar-refractivity contribution in [2.45, 2.75) is 0 Å². The molecule has 1 rings (SSSR count). The summed E-state index contributed by atoms with van der Waals surface area (Å²) in [6.07, 6.45) is 0. The molecule has 0 saturated carbocycles. The Hall–Kier alpha value is -0.913. The number of aromatic hydroxyl groups is 1. The Balaban J connectivity index is 0.000001000. The number of benzene rings is 1. The molecule has 11 heavy (non-hydrogen) atoms. The van der Waals surface area contributed by atoms with Gasteiger partial charge in [-0.05, 0) is 24.3 Å². The van der Waals surface area contributed by atoms with Gasteiger partial charge in [0.1, 0.15) is 5.75 Å². The van der Waals surface area contributed by atoms with Crippen LogP contribution < -0.4 is 0 Å². The SMILES string of the molecule is O=C(O)c1ccc(O)cc1.[LiH]. The quantitative estimate of drug-likeness (QED) is 0.565. The van der Waals surface area contributed by atoms with Crippen molar-refractivity contribution >= 4 is 24.8 Å². The summed E-state index contributed by atoms with van der Waals surface area (Å²) in [4.78, 5) is 10.2. The summed E-state index contributed by atoms with van der Waals surface area (Å²) < 4.78 is 0. The fourth-order valence-corrected chi connectivity index (χ4v) is 0.604.